The highest BCUT2D eigenvalue weighted by Gasteiger charge is 2.25. The van der Waals surface area contributed by atoms with Gasteiger partial charge in [0.2, 0.25) is 0 Å². The number of ether oxygens (including phenoxy) is 1. The summed E-state index contributed by atoms with van der Waals surface area (Å²) in [4.78, 5) is 10.5. The Hall–Kier alpha value is -1.14. The summed E-state index contributed by atoms with van der Waals surface area (Å²) in [5.41, 5.74) is 6.54. The van der Waals surface area contributed by atoms with E-state index in [0.29, 0.717) is 40.8 Å². The number of nitro groups is 1. The van der Waals surface area contributed by atoms with Crippen LogP contribution in [0.2, 0.25) is 0 Å². The Morgan fingerprint density at radius 1 is 1.38 bits per heavy atom. The van der Waals surface area contributed by atoms with Gasteiger partial charge in [-0.2, -0.15) is 0 Å². The molecule has 2 N–H and O–H groups in total. The Bertz CT molecular complexity index is 522. The lowest BCUT2D eigenvalue weighted by Gasteiger charge is -2.30. The van der Waals surface area contributed by atoms with E-state index in [2.05, 4.69) is 15.9 Å². The molecule has 6 heteroatoms. The SMILES string of the molecule is Cc1cc(OCC2CCCCC2CN)c(Br)cc1[N+](=O)[O-]. The minimum atomic E-state index is -0.380. The summed E-state index contributed by atoms with van der Waals surface area (Å²) >= 11 is 3.35. The van der Waals surface area contributed by atoms with Crippen molar-refractivity contribution in [3.63, 3.8) is 0 Å². The Morgan fingerprint density at radius 3 is 2.67 bits per heavy atom. The van der Waals surface area contributed by atoms with Crippen molar-refractivity contribution >= 4 is 21.6 Å². The predicted octanol–water partition coefficient (Wildman–Crippen LogP) is 3.81. The molecule has 0 aliphatic heterocycles. The van der Waals surface area contributed by atoms with Crippen molar-refractivity contribution in [3.05, 3.63) is 32.3 Å². The molecule has 0 radical (unpaired) electrons. The van der Waals surface area contributed by atoms with E-state index in [0.717, 1.165) is 6.42 Å². The zero-order chi connectivity index (χ0) is 15.4. The van der Waals surface area contributed by atoms with Crippen molar-refractivity contribution in [2.75, 3.05) is 13.2 Å². The van der Waals surface area contributed by atoms with Gasteiger partial charge in [-0.25, -0.2) is 0 Å². The van der Waals surface area contributed by atoms with Crippen LogP contribution in [0.25, 0.3) is 0 Å². The Labute approximate surface area is 133 Å². The molecule has 2 unspecified atom stereocenters. The van der Waals surface area contributed by atoms with Crippen LogP contribution in [0.5, 0.6) is 5.75 Å². The molecule has 0 bridgehead atoms. The molecule has 2 atom stereocenters. The molecule has 1 aliphatic rings. The molecule has 1 aliphatic carbocycles. The number of nitrogens with two attached hydrogens (primary N) is 1. The lowest BCUT2D eigenvalue weighted by molar-refractivity contribution is -0.385. The van der Waals surface area contributed by atoms with Crippen LogP contribution in [0.3, 0.4) is 0 Å². The lowest BCUT2D eigenvalue weighted by Crippen LogP contribution is -2.30. The molecule has 0 saturated heterocycles. The molecule has 1 fully saturated rings. The second kappa shape index (κ2) is 7.22. The monoisotopic (exact) mass is 356 g/mol. The van der Waals surface area contributed by atoms with Crippen molar-refractivity contribution in [3.8, 4) is 5.75 Å². The summed E-state index contributed by atoms with van der Waals surface area (Å²) in [6.45, 7) is 3.05. The van der Waals surface area contributed by atoms with Gasteiger partial charge in [0, 0.05) is 11.6 Å². The smallest absolute Gasteiger partial charge is 0.273 e. The molecule has 0 aromatic heterocycles. The van der Waals surface area contributed by atoms with Crippen LogP contribution in [0, 0.1) is 28.9 Å². The lowest BCUT2D eigenvalue weighted by atomic mass is 9.80. The molecule has 1 aromatic rings. The number of benzene rings is 1. The molecule has 0 heterocycles. The molecule has 21 heavy (non-hydrogen) atoms. The Balaban J connectivity index is 2.06. The van der Waals surface area contributed by atoms with Crippen molar-refractivity contribution < 1.29 is 9.66 Å². The molecular weight excluding hydrogens is 336 g/mol. The standard InChI is InChI=1S/C15H21BrN2O3/c1-10-6-15(13(16)7-14(10)18(19)20)21-9-12-5-3-2-4-11(12)8-17/h6-7,11-12H,2-5,8-9,17H2,1H3. The number of nitrogens with zero attached hydrogens (tertiary/aromatic N) is 1. The first kappa shape index (κ1) is 16.2. The molecule has 1 aromatic carbocycles. The average molecular weight is 357 g/mol. The maximum Gasteiger partial charge on any atom is 0.273 e. The van der Waals surface area contributed by atoms with Crippen LogP contribution < -0.4 is 10.5 Å². The van der Waals surface area contributed by atoms with Crippen LogP contribution >= 0.6 is 15.9 Å². The highest BCUT2D eigenvalue weighted by Crippen LogP contribution is 2.34. The maximum atomic E-state index is 10.9. The van der Waals surface area contributed by atoms with Gasteiger partial charge in [0.1, 0.15) is 5.75 Å². The molecule has 116 valence electrons. The predicted molar refractivity (Wildman–Crippen MR) is 85.5 cm³/mol. The fourth-order valence-corrected chi connectivity index (χ4v) is 3.41. The third-order valence-electron chi connectivity index (χ3n) is 4.27. The van der Waals surface area contributed by atoms with E-state index in [1.807, 2.05) is 0 Å². The summed E-state index contributed by atoms with van der Waals surface area (Å²) in [5, 5.41) is 10.9. The van der Waals surface area contributed by atoms with Gasteiger partial charge in [-0.3, -0.25) is 10.1 Å². The molecule has 0 spiro atoms. The molecule has 0 amide bonds. The van der Waals surface area contributed by atoms with E-state index < -0.39 is 0 Å². The van der Waals surface area contributed by atoms with Crippen LogP contribution in [0.4, 0.5) is 5.69 Å². The number of hydrogen-bond donors (Lipinski definition) is 1. The van der Waals surface area contributed by atoms with E-state index in [9.17, 15) is 10.1 Å². The summed E-state index contributed by atoms with van der Waals surface area (Å²) in [7, 11) is 0. The second-order valence-corrected chi connectivity index (χ2v) is 6.53. The second-order valence-electron chi connectivity index (χ2n) is 5.68. The first-order valence-electron chi connectivity index (χ1n) is 7.30. The van der Waals surface area contributed by atoms with E-state index in [1.165, 1.54) is 25.3 Å². The van der Waals surface area contributed by atoms with E-state index in [4.69, 9.17) is 10.5 Å². The topological polar surface area (TPSA) is 78.4 Å². The Kier molecular flexibility index (Phi) is 5.58. The van der Waals surface area contributed by atoms with Crippen LogP contribution in [0.1, 0.15) is 31.2 Å². The first-order chi connectivity index (χ1) is 10.0. The average Bonchev–Trinajstić information content (AvgIpc) is 2.47. The Morgan fingerprint density at radius 2 is 2.05 bits per heavy atom. The fourth-order valence-electron chi connectivity index (χ4n) is 2.96. The van der Waals surface area contributed by atoms with Crippen LogP contribution in [-0.4, -0.2) is 18.1 Å². The maximum absolute atomic E-state index is 10.9. The zero-order valence-corrected chi connectivity index (χ0v) is 13.8. The molecular formula is C15H21BrN2O3. The summed E-state index contributed by atoms with van der Waals surface area (Å²) in [6.07, 6.45) is 4.79. The third kappa shape index (κ3) is 3.95. The van der Waals surface area contributed by atoms with Gasteiger partial charge in [0.05, 0.1) is 16.0 Å². The van der Waals surface area contributed by atoms with Crippen molar-refractivity contribution in [1.82, 2.24) is 0 Å². The van der Waals surface area contributed by atoms with Gasteiger partial charge in [-0.1, -0.05) is 12.8 Å². The van der Waals surface area contributed by atoms with Gasteiger partial charge in [0.15, 0.2) is 0 Å². The van der Waals surface area contributed by atoms with Crippen molar-refractivity contribution in [2.45, 2.75) is 32.6 Å². The largest absolute Gasteiger partial charge is 0.492 e. The first-order valence-corrected chi connectivity index (χ1v) is 8.09. The minimum absolute atomic E-state index is 0.103. The van der Waals surface area contributed by atoms with Crippen LogP contribution in [0.15, 0.2) is 16.6 Å². The molecule has 5 nitrogen and oxygen atoms in total. The van der Waals surface area contributed by atoms with E-state index in [1.54, 1.807) is 13.0 Å². The van der Waals surface area contributed by atoms with E-state index in [-0.39, 0.29) is 10.6 Å². The molecule has 2 rings (SSSR count). The van der Waals surface area contributed by atoms with Crippen molar-refractivity contribution in [1.29, 1.82) is 0 Å². The number of halogens is 1. The third-order valence-corrected chi connectivity index (χ3v) is 4.89. The summed E-state index contributed by atoms with van der Waals surface area (Å²) < 4.78 is 6.52. The number of aryl methyl sites for hydroxylation is 1. The molecule has 1 saturated carbocycles. The van der Waals surface area contributed by atoms with Gasteiger partial charge in [0.25, 0.3) is 5.69 Å². The van der Waals surface area contributed by atoms with Crippen LogP contribution in [-0.2, 0) is 0 Å². The van der Waals surface area contributed by atoms with Gasteiger partial charge < -0.3 is 10.5 Å². The normalized spacial score (nSPS) is 22.0. The van der Waals surface area contributed by atoms with E-state index >= 15 is 0 Å². The van der Waals surface area contributed by atoms with Gasteiger partial charge >= 0.3 is 0 Å². The number of rotatable bonds is 5. The van der Waals surface area contributed by atoms with Gasteiger partial charge in [-0.05, 0) is 60.1 Å². The number of hydrogen-bond acceptors (Lipinski definition) is 4. The minimum Gasteiger partial charge on any atom is -0.492 e. The zero-order valence-electron chi connectivity index (χ0n) is 12.2. The highest BCUT2D eigenvalue weighted by molar-refractivity contribution is 9.10. The highest BCUT2D eigenvalue weighted by atomic mass is 79.9. The quantitative estimate of drug-likeness (QED) is 0.642. The van der Waals surface area contributed by atoms with Crippen molar-refractivity contribution in [2.24, 2.45) is 17.6 Å². The number of nitro benzene ring substituents is 1. The summed E-state index contributed by atoms with van der Waals surface area (Å²) in [5.74, 6) is 1.67. The summed E-state index contributed by atoms with van der Waals surface area (Å²) in [6, 6.07) is 3.23. The van der Waals surface area contributed by atoms with Gasteiger partial charge in [-0.15, -0.1) is 0 Å². The fraction of sp³-hybridized carbons (Fsp3) is 0.600.